The largest absolute Gasteiger partial charge is 0.493 e. The predicted molar refractivity (Wildman–Crippen MR) is 88.6 cm³/mol. The van der Waals surface area contributed by atoms with Crippen molar-refractivity contribution in [3.63, 3.8) is 0 Å². The molecule has 0 unspecified atom stereocenters. The molecular formula is C17H21ClN2O2. The zero-order valence-electron chi connectivity index (χ0n) is 12.9. The van der Waals surface area contributed by atoms with Crippen molar-refractivity contribution >= 4 is 11.6 Å². The third kappa shape index (κ3) is 4.61. The maximum absolute atomic E-state index is 6.16. The summed E-state index contributed by atoms with van der Waals surface area (Å²) in [5.41, 5.74) is 2.12. The van der Waals surface area contributed by atoms with Gasteiger partial charge in [-0.25, -0.2) is 0 Å². The molecule has 0 aliphatic carbocycles. The molecular weight excluding hydrogens is 300 g/mol. The van der Waals surface area contributed by atoms with Gasteiger partial charge in [0.1, 0.15) is 0 Å². The van der Waals surface area contributed by atoms with Crippen molar-refractivity contribution in [3.05, 3.63) is 52.8 Å². The third-order valence-corrected chi connectivity index (χ3v) is 3.35. The molecule has 5 heteroatoms. The van der Waals surface area contributed by atoms with Crippen LogP contribution in [0.5, 0.6) is 11.5 Å². The van der Waals surface area contributed by atoms with Crippen molar-refractivity contribution in [2.45, 2.75) is 26.4 Å². The highest BCUT2D eigenvalue weighted by Crippen LogP contribution is 2.34. The quantitative estimate of drug-likeness (QED) is 0.803. The molecule has 2 aromatic rings. The van der Waals surface area contributed by atoms with Crippen LogP contribution in [-0.2, 0) is 13.1 Å². The fourth-order valence-corrected chi connectivity index (χ4v) is 2.35. The molecule has 0 saturated heterocycles. The number of aromatic nitrogens is 1. The highest BCUT2D eigenvalue weighted by molar-refractivity contribution is 6.30. The number of pyridine rings is 1. The smallest absolute Gasteiger partial charge is 0.165 e. The van der Waals surface area contributed by atoms with Crippen LogP contribution >= 0.6 is 11.6 Å². The van der Waals surface area contributed by atoms with Crippen LogP contribution in [0.2, 0.25) is 5.02 Å². The number of hydrogen-bond donors (Lipinski definition) is 1. The van der Waals surface area contributed by atoms with E-state index in [2.05, 4.69) is 17.2 Å². The van der Waals surface area contributed by atoms with E-state index in [0.29, 0.717) is 23.9 Å². The molecule has 0 fully saturated rings. The average molecular weight is 321 g/mol. The van der Waals surface area contributed by atoms with Crippen LogP contribution in [0.3, 0.4) is 0 Å². The molecule has 0 amide bonds. The molecule has 0 bridgehead atoms. The topological polar surface area (TPSA) is 43.4 Å². The maximum Gasteiger partial charge on any atom is 0.165 e. The third-order valence-electron chi connectivity index (χ3n) is 3.13. The minimum atomic E-state index is 0.638. The summed E-state index contributed by atoms with van der Waals surface area (Å²) in [6, 6.07) is 7.64. The number of nitrogens with one attached hydrogen (secondary N) is 1. The molecule has 0 radical (unpaired) electrons. The lowest BCUT2D eigenvalue weighted by atomic mass is 10.1. The van der Waals surface area contributed by atoms with Gasteiger partial charge in [-0.15, -0.1) is 0 Å². The van der Waals surface area contributed by atoms with Gasteiger partial charge in [0.25, 0.3) is 0 Å². The lowest BCUT2D eigenvalue weighted by Crippen LogP contribution is -2.14. The summed E-state index contributed by atoms with van der Waals surface area (Å²) < 4.78 is 11.2. The molecule has 0 saturated carbocycles. The van der Waals surface area contributed by atoms with Crippen molar-refractivity contribution in [1.29, 1.82) is 0 Å². The molecule has 0 aliphatic heterocycles. The molecule has 0 aliphatic rings. The first kappa shape index (κ1) is 16.6. The standard InChI is InChI=1S/C17H21ClN2O2/c1-3-7-22-17-14(8-15(18)9-16(17)21-2)12-20-11-13-5-4-6-19-10-13/h4-6,8-10,20H,3,7,11-12H2,1-2H3. The summed E-state index contributed by atoms with van der Waals surface area (Å²) in [4.78, 5) is 4.10. The van der Waals surface area contributed by atoms with Gasteiger partial charge in [0.2, 0.25) is 0 Å². The van der Waals surface area contributed by atoms with Gasteiger partial charge in [0.15, 0.2) is 11.5 Å². The first-order valence-electron chi connectivity index (χ1n) is 7.33. The summed E-state index contributed by atoms with van der Waals surface area (Å²) in [5.74, 6) is 1.42. The van der Waals surface area contributed by atoms with Crippen LogP contribution in [0.1, 0.15) is 24.5 Å². The van der Waals surface area contributed by atoms with Crippen LogP contribution < -0.4 is 14.8 Å². The van der Waals surface area contributed by atoms with E-state index in [1.807, 2.05) is 24.4 Å². The Labute approximate surface area is 136 Å². The highest BCUT2D eigenvalue weighted by atomic mass is 35.5. The van der Waals surface area contributed by atoms with E-state index in [1.165, 1.54) is 0 Å². The van der Waals surface area contributed by atoms with Gasteiger partial charge in [-0.1, -0.05) is 24.6 Å². The fraction of sp³-hybridized carbons (Fsp3) is 0.353. The predicted octanol–water partition coefficient (Wildman–Crippen LogP) is 3.82. The first-order chi connectivity index (χ1) is 10.7. The summed E-state index contributed by atoms with van der Waals surface area (Å²) in [6.07, 6.45) is 4.55. The number of rotatable bonds is 8. The molecule has 118 valence electrons. The zero-order valence-corrected chi connectivity index (χ0v) is 13.7. The second-order valence-corrected chi connectivity index (χ2v) is 5.35. The van der Waals surface area contributed by atoms with Crippen LogP contribution in [0, 0.1) is 0 Å². The Morgan fingerprint density at radius 2 is 2.14 bits per heavy atom. The fourth-order valence-electron chi connectivity index (χ4n) is 2.12. The van der Waals surface area contributed by atoms with Crippen molar-refractivity contribution < 1.29 is 9.47 Å². The van der Waals surface area contributed by atoms with E-state index in [4.69, 9.17) is 21.1 Å². The molecule has 2 rings (SSSR count). The number of nitrogens with zero attached hydrogens (tertiary/aromatic N) is 1. The number of hydrogen-bond acceptors (Lipinski definition) is 4. The van der Waals surface area contributed by atoms with E-state index in [1.54, 1.807) is 19.4 Å². The minimum absolute atomic E-state index is 0.638. The Kier molecular flexibility index (Phi) is 6.49. The van der Waals surface area contributed by atoms with Gasteiger partial charge in [0, 0.05) is 42.1 Å². The number of methoxy groups -OCH3 is 1. The van der Waals surface area contributed by atoms with E-state index in [9.17, 15) is 0 Å². The van der Waals surface area contributed by atoms with E-state index in [0.717, 1.165) is 29.8 Å². The van der Waals surface area contributed by atoms with E-state index >= 15 is 0 Å². The van der Waals surface area contributed by atoms with Crippen LogP contribution in [0.25, 0.3) is 0 Å². The maximum atomic E-state index is 6.16. The Balaban J connectivity index is 2.09. The van der Waals surface area contributed by atoms with Gasteiger partial charge in [0.05, 0.1) is 13.7 Å². The molecule has 1 aromatic heterocycles. The molecule has 22 heavy (non-hydrogen) atoms. The van der Waals surface area contributed by atoms with E-state index < -0.39 is 0 Å². The van der Waals surface area contributed by atoms with Crippen molar-refractivity contribution in [1.82, 2.24) is 10.3 Å². The normalized spacial score (nSPS) is 10.5. The Hall–Kier alpha value is -1.78. The SMILES string of the molecule is CCCOc1c(CNCc2cccnc2)cc(Cl)cc1OC. The van der Waals surface area contributed by atoms with Crippen LogP contribution in [-0.4, -0.2) is 18.7 Å². The molecule has 0 atom stereocenters. The Morgan fingerprint density at radius 1 is 1.27 bits per heavy atom. The summed E-state index contributed by atoms with van der Waals surface area (Å²) in [6.45, 7) is 4.09. The van der Waals surface area contributed by atoms with Crippen molar-refractivity contribution in [2.75, 3.05) is 13.7 Å². The molecule has 1 aromatic carbocycles. The van der Waals surface area contributed by atoms with Gasteiger partial charge in [-0.05, 0) is 24.1 Å². The lowest BCUT2D eigenvalue weighted by Gasteiger charge is -2.16. The molecule has 1 heterocycles. The molecule has 4 nitrogen and oxygen atoms in total. The van der Waals surface area contributed by atoms with Crippen molar-refractivity contribution in [2.24, 2.45) is 0 Å². The van der Waals surface area contributed by atoms with Crippen LogP contribution in [0.15, 0.2) is 36.7 Å². The molecule has 1 N–H and O–H groups in total. The number of halogens is 1. The van der Waals surface area contributed by atoms with E-state index in [-0.39, 0.29) is 0 Å². The second-order valence-electron chi connectivity index (χ2n) is 4.91. The second kappa shape index (κ2) is 8.61. The van der Waals surface area contributed by atoms with Gasteiger partial charge < -0.3 is 14.8 Å². The summed E-state index contributed by atoms with van der Waals surface area (Å²) >= 11 is 6.16. The van der Waals surface area contributed by atoms with Crippen LogP contribution in [0.4, 0.5) is 0 Å². The van der Waals surface area contributed by atoms with Gasteiger partial charge in [-0.3, -0.25) is 4.98 Å². The van der Waals surface area contributed by atoms with Gasteiger partial charge >= 0.3 is 0 Å². The zero-order chi connectivity index (χ0) is 15.8. The summed E-state index contributed by atoms with van der Waals surface area (Å²) in [7, 11) is 1.62. The molecule has 0 spiro atoms. The number of ether oxygens (including phenoxy) is 2. The van der Waals surface area contributed by atoms with Crippen molar-refractivity contribution in [3.8, 4) is 11.5 Å². The lowest BCUT2D eigenvalue weighted by molar-refractivity contribution is 0.290. The highest BCUT2D eigenvalue weighted by Gasteiger charge is 2.12. The van der Waals surface area contributed by atoms with Gasteiger partial charge in [-0.2, -0.15) is 0 Å². The summed E-state index contributed by atoms with van der Waals surface area (Å²) in [5, 5.41) is 4.02. The minimum Gasteiger partial charge on any atom is -0.493 e. The monoisotopic (exact) mass is 320 g/mol. The first-order valence-corrected chi connectivity index (χ1v) is 7.71. The Bertz CT molecular complexity index is 591. The Morgan fingerprint density at radius 3 is 2.82 bits per heavy atom. The average Bonchev–Trinajstić information content (AvgIpc) is 2.54. The number of benzene rings is 1.